The Labute approximate surface area is 137 Å². The second kappa shape index (κ2) is 6.76. The molecule has 0 aromatic carbocycles. The average Bonchev–Trinajstić information content (AvgIpc) is 2.69. The minimum Gasteiger partial charge on any atom is -0.355 e. The first kappa shape index (κ1) is 17.6. The molecule has 7 heteroatoms. The maximum atomic E-state index is 12.4. The fourth-order valence-corrected chi connectivity index (χ4v) is 3.30. The monoisotopic (exact) mass is 324 g/mol. The van der Waals surface area contributed by atoms with Crippen molar-refractivity contribution in [3.05, 3.63) is 0 Å². The number of hydrogen-bond acceptors (Lipinski definition) is 3. The van der Waals surface area contributed by atoms with Crippen molar-refractivity contribution in [2.75, 3.05) is 32.7 Å². The maximum Gasteiger partial charge on any atom is 0.317 e. The predicted molar refractivity (Wildman–Crippen MR) is 86.7 cm³/mol. The Hall–Kier alpha value is -1.79. The van der Waals surface area contributed by atoms with Crippen molar-refractivity contribution in [2.24, 2.45) is 11.3 Å². The predicted octanol–water partition coefficient (Wildman–Crippen LogP) is 0.411. The van der Waals surface area contributed by atoms with Crippen LogP contribution in [0.2, 0.25) is 0 Å². The third kappa shape index (κ3) is 4.14. The van der Waals surface area contributed by atoms with Gasteiger partial charge in [-0.05, 0) is 13.8 Å². The first-order valence-corrected chi connectivity index (χ1v) is 8.33. The Morgan fingerprint density at radius 1 is 1.13 bits per heavy atom. The molecule has 2 fully saturated rings. The molecule has 4 amide bonds. The van der Waals surface area contributed by atoms with Crippen molar-refractivity contribution in [1.29, 1.82) is 0 Å². The van der Waals surface area contributed by atoms with Gasteiger partial charge in [0.1, 0.15) is 0 Å². The molecular formula is C16H28N4O3. The van der Waals surface area contributed by atoms with Crippen LogP contribution < -0.4 is 10.6 Å². The normalized spacial score (nSPS) is 25.0. The van der Waals surface area contributed by atoms with Crippen molar-refractivity contribution in [3.8, 4) is 0 Å². The van der Waals surface area contributed by atoms with Crippen LogP contribution in [0, 0.1) is 11.3 Å². The molecule has 1 spiro atoms. The Balaban J connectivity index is 2.19. The number of amides is 4. The number of carbonyl (C=O) groups is 3. The summed E-state index contributed by atoms with van der Waals surface area (Å²) in [5.41, 5.74) is -0.382. The summed E-state index contributed by atoms with van der Waals surface area (Å²) in [6, 6.07) is -0.0731. The van der Waals surface area contributed by atoms with Gasteiger partial charge in [0.2, 0.25) is 11.8 Å². The Morgan fingerprint density at radius 2 is 1.74 bits per heavy atom. The third-order valence-electron chi connectivity index (χ3n) is 4.39. The largest absolute Gasteiger partial charge is 0.355 e. The average molecular weight is 324 g/mol. The zero-order valence-electron chi connectivity index (χ0n) is 14.5. The van der Waals surface area contributed by atoms with Crippen molar-refractivity contribution < 1.29 is 14.4 Å². The summed E-state index contributed by atoms with van der Waals surface area (Å²) in [5, 5.41) is 5.76. The zero-order chi connectivity index (χ0) is 17.2. The van der Waals surface area contributed by atoms with Crippen LogP contribution in [0.4, 0.5) is 4.79 Å². The molecule has 1 atom stereocenters. The molecule has 0 aromatic heterocycles. The van der Waals surface area contributed by atoms with Crippen LogP contribution in [0.5, 0.6) is 0 Å². The number of urea groups is 1. The van der Waals surface area contributed by atoms with Crippen molar-refractivity contribution >= 4 is 17.8 Å². The van der Waals surface area contributed by atoms with E-state index in [0.717, 1.165) is 0 Å². The van der Waals surface area contributed by atoms with E-state index in [9.17, 15) is 14.4 Å². The smallest absolute Gasteiger partial charge is 0.317 e. The number of rotatable bonds is 2. The molecule has 23 heavy (non-hydrogen) atoms. The van der Waals surface area contributed by atoms with E-state index in [1.807, 2.05) is 32.6 Å². The summed E-state index contributed by atoms with van der Waals surface area (Å²) in [5.74, 6) is -0.0175. The lowest BCUT2D eigenvalue weighted by molar-refractivity contribution is -0.135. The number of nitrogens with one attached hydrogen (secondary N) is 2. The van der Waals surface area contributed by atoms with Gasteiger partial charge in [0.15, 0.2) is 0 Å². The quantitative estimate of drug-likeness (QED) is 0.772. The molecule has 0 saturated carbocycles. The molecule has 0 bridgehead atoms. The van der Waals surface area contributed by atoms with Gasteiger partial charge < -0.3 is 20.4 Å². The van der Waals surface area contributed by atoms with Gasteiger partial charge in [0.25, 0.3) is 0 Å². The molecule has 7 nitrogen and oxygen atoms in total. The van der Waals surface area contributed by atoms with Gasteiger partial charge in [-0.1, -0.05) is 13.8 Å². The highest BCUT2D eigenvalue weighted by atomic mass is 16.2. The zero-order valence-corrected chi connectivity index (χ0v) is 14.5. The summed E-state index contributed by atoms with van der Waals surface area (Å²) in [6.45, 7) is 10.1. The highest BCUT2D eigenvalue weighted by Crippen LogP contribution is 2.31. The maximum absolute atomic E-state index is 12.4. The van der Waals surface area contributed by atoms with E-state index >= 15 is 0 Å². The minimum atomic E-state index is -0.382. The van der Waals surface area contributed by atoms with E-state index < -0.39 is 0 Å². The lowest BCUT2D eigenvalue weighted by Crippen LogP contribution is -2.49. The SMILES string of the molecule is CC(C)NC(=O)N1CCN(C(=O)C(C)C)C[C@]2(CNC(=O)C2)C1. The minimum absolute atomic E-state index is 0.00642. The second-order valence-corrected chi connectivity index (χ2v) is 7.39. The Bertz CT molecular complexity index is 492. The molecule has 2 saturated heterocycles. The van der Waals surface area contributed by atoms with Crippen LogP contribution in [0.3, 0.4) is 0 Å². The Kier molecular flexibility index (Phi) is 5.16. The summed E-state index contributed by atoms with van der Waals surface area (Å²) in [6.07, 6.45) is 0.361. The number of carbonyl (C=O) groups excluding carboxylic acids is 3. The van der Waals surface area contributed by atoms with Crippen LogP contribution in [0.25, 0.3) is 0 Å². The van der Waals surface area contributed by atoms with Crippen molar-refractivity contribution in [3.63, 3.8) is 0 Å². The summed E-state index contributed by atoms with van der Waals surface area (Å²) >= 11 is 0. The van der Waals surface area contributed by atoms with Gasteiger partial charge in [-0.15, -0.1) is 0 Å². The van der Waals surface area contributed by atoms with E-state index in [-0.39, 0.29) is 35.2 Å². The van der Waals surface area contributed by atoms with E-state index in [4.69, 9.17) is 0 Å². The molecule has 2 rings (SSSR count). The van der Waals surface area contributed by atoms with E-state index in [1.165, 1.54) is 0 Å². The van der Waals surface area contributed by atoms with E-state index in [0.29, 0.717) is 39.1 Å². The summed E-state index contributed by atoms with van der Waals surface area (Å²) in [4.78, 5) is 40.1. The molecule has 2 aliphatic rings. The molecule has 0 aliphatic carbocycles. The first-order chi connectivity index (χ1) is 10.7. The standard InChI is InChI=1S/C16H28N4O3/c1-11(2)14(22)19-5-6-20(15(23)18-12(3)4)10-16(9-19)7-13(21)17-8-16/h11-12H,5-10H2,1-4H3,(H,17,21)(H,18,23)/t16-/m0/s1. The van der Waals surface area contributed by atoms with Gasteiger partial charge in [-0.2, -0.15) is 0 Å². The number of nitrogens with zero attached hydrogens (tertiary/aromatic N) is 2. The van der Waals surface area contributed by atoms with Gasteiger partial charge >= 0.3 is 6.03 Å². The van der Waals surface area contributed by atoms with Gasteiger partial charge in [0.05, 0.1) is 0 Å². The lowest BCUT2D eigenvalue weighted by atomic mass is 9.86. The highest BCUT2D eigenvalue weighted by Gasteiger charge is 2.45. The number of hydrogen-bond donors (Lipinski definition) is 2. The van der Waals surface area contributed by atoms with Crippen LogP contribution >= 0.6 is 0 Å². The first-order valence-electron chi connectivity index (χ1n) is 8.33. The van der Waals surface area contributed by atoms with Crippen LogP contribution in [-0.4, -0.2) is 66.4 Å². The molecule has 130 valence electrons. The summed E-state index contributed by atoms with van der Waals surface area (Å²) < 4.78 is 0. The second-order valence-electron chi connectivity index (χ2n) is 7.39. The molecule has 2 heterocycles. The molecule has 0 radical (unpaired) electrons. The summed E-state index contributed by atoms with van der Waals surface area (Å²) in [7, 11) is 0. The molecule has 0 aromatic rings. The fourth-order valence-electron chi connectivity index (χ4n) is 3.30. The lowest BCUT2D eigenvalue weighted by Gasteiger charge is -2.33. The highest BCUT2D eigenvalue weighted by molar-refractivity contribution is 5.81. The molecule has 2 N–H and O–H groups in total. The van der Waals surface area contributed by atoms with E-state index in [2.05, 4.69) is 10.6 Å². The fraction of sp³-hybridized carbons (Fsp3) is 0.812. The van der Waals surface area contributed by atoms with Crippen molar-refractivity contribution in [2.45, 2.75) is 40.2 Å². The molecule has 2 aliphatic heterocycles. The van der Waals surface area contributed by atoms with Crippen LogP contribution in [0.15, 0.2) is 0 Å². The van der Waals surface area contributed by atoms with Gasteiger partial charge in [0, 0.05) is 56.5 Å². The third-order valence-corrected chi connectivity index (χ3v) is 4.39. The van der Waals surface area contributed by atoms with Crippen molar-refractivity contribution in [1.82, 2.24) is 20.4 Å². The van der Waals surface area contributed by atoms with Gasteiger partial charge in [-0.25, -0.2) is 4.79 Å². The molecule has 0 unspecified atom stereocenters. The van der Waals surface area contributed by atoms with Gasteiger partial charge in [-0.3, -0.25) is 9.59 Å². The Morgan fingerprint density at radius 3 is 2.26 bits per heavy atom. The van der Waals surface area contributed by atoms with E-state index in [1.54, 1.807) is 4.90 Å². The van der Waals surface area contributed by atoms with Crippen LogP contribution in [-0.2, 0) is 9.59 Å². The molecular weight excluding hydrogens is 296 g/mol. The van der Waals surface area contributed by atoms with Crippen LogP contribution in [0.1, 0.15) is 34.1 Å². The topological polar surface area (TPSA) is 81.8 Å².